The first-order valence-electron chi connectivity index (χ1n) is 11.0. The van der Waals surface area contributed by atoms with Crippen LogP contribution < -0.4 is 5.32 Å². The summed E-state index contributed by atoms with van der Waals surface area (Å²) in [4.78, 5) is 42.7. The number of amides is 3. The van der Waals surface area contributed by atoms with Gasteiger partial charge in [0, 0.05) is 51.9 Å². The van der Waals surface area contributed by atoms with Crippen LogP contribution in [0.2, 0.25) is 0 Å². The van der Waals surface area contributed by atoms with E-state index in [1.165, 1.54) is 43.9 Å². The van der Waals surface area contributed by atoms with E-state index < -0.39 is 6.04 Å². The normalized spacial score (nSPS) is 19.6. The minimum Gasteiger partial charge on any atom is -0.338 e. The van der Waals surface area contributed by atoms with E-state index in [9.17, 15) is 14.4 Å². The molecule has 1 N–H and O–H groups in total. The molecular weight excluding hydrogens is 388 g/mol. The zero-order valence-electron chi connectivity index (χ0n) is 19.3. The van der Waals surface area contributed by atoms with Gasteiger partial charge in [0.25, 0.3) is 0 Å². The van der Waals surface area contributed by atoms with Crippen LogP contribution in [0.15, 0.2) is 0 Å². The number of nitrogens with zero attached hydrogens (tertiary/aromatic N) is 3. The molecule has 0 unspecified atom stereocenters. The lowest BCUT2D eigenvalue weighted by Crippen LogP contribution is -2.55. The highest BCUT2D eigenvalue weighted by Crippen LogP contribution is 2.26. The number of carbonyl (C=O) groups is 3. The molecule has 1 aliphatic heterocycles. The zero-order valence-corrected chi connectivity index (χ0v) is 19.1. The summed E-state index contributed by atoms with van der Waals surface area (Å²) in [5, 5.41) is 2.97. The summed E-state index contributed by atoms with van der Waals surface area (Å²) in [5.41, 5.74) is 0. The van der Waals surface area contributed by atoms with Crippen molar-refractivity contribution in [3.8, 4) is 0 Å². The Kier molecular flexibility index (Phi) is 10.3. The summed E-state index contributed by atoms with van der Waals surface area (Å²) < 4.78 is 0. The number of rotatable bonds is 8. The van der Waals surface area contributed by atoms with Crippen molar-refractivity contribution in [3.05, 3.63) is 0 Å². The number of hydrogen-bond donors (Lipinski definition) is 1. The van der Waals surface area contributed by atoms with Crippen LogP contribution in [-0.2, 0) is 9.59 Å². The predicted octanol–water partition coefficient (Wildman–Crippen LogP) is 2.52. The van der Waals surface area contributed by atoms with E-state index in [1.807, 2.05) is 4.90 Å². The molecule has 2 rings (SSSR count). The van der Waals surface area contributed by atoms with Crippen molar-refractivity contribution in [2.24, 2.45) is 5.92 Å². The molecule has 0 aromatic heterocycles. The Morgan fingerprint density at radius 1 is 1.10 bits per heavy atom. The quantitative estimate of drug-likeness (QED) is 0.644. The van der Waals surface area contributed by atoms with Crippen LogP contribution in [0.3, 0.4) is 0 Å². The zero-order chi connectivity index (χ0) is 21.2. The maximum Gasteiger partial charge on any atom is 1.00 e. The van der Waals surface area contributed by atoms with Crippen LogP contribution in [0.1, 0.15) is 53.8 Å². The van der Waals surface area contributed by atoms with Crippen molar-refractivity contribution >= 4 is 28.8 Å². The highest BCUT2D eigenvalue weighted by molar-refractivity contribution is 8.13. The number of urea groups is 1. The van der Waals surface area contributed by atoms with E-state index in [4.69, 9.17) is 0 Å². The molecular formula is C21H39N4O3S+. The predicted molar refractivity (Wildman–Crippen MR) is 119 cm³/mol. The summed E-state index contributed by atoms with van der Waals surface area (Å²) >= 11 is 1.25. The fourth-order valence-corrected chi connectivity index (χ4v) is 4.67. The number of hydrogen-bond acceptors (Lipinski definition) is 5. The Morgan fingerprint density at radius 2 is 1.76 bits per heavy atom. The number of nitrogens with one attached hydrogen (secondary N) is 1. The van der Waals surface area contributed by atoms with Crippen molar-refractivity contribution in [1.29, 1.82) is 0 Å². The van der Waals surface area contributed by atoms with E-state index in [1.54, 1.807) is 18.7 Å². The third-order valence-electron chi connectivity index (χ3n) is 6.01. The first kappa shape index (κ1) is 24.0. The van der Waals surface area contributed by atoms with E-state index in [-0.39, 0.29) is 18.5 Å². The molecule has 0 spiro atoms. The Balaban J connectivity index is 0.00000450. The first-order valence-corrected chi connectivity index (χ1v) is 12.0. The summed E-state index contributed by atoms with van der Waals surface area (Å²) in [6.45, 7) is 7.66. The molecule has 2 aliphatic rings. The average Bonchev–Trinajstić information content (AvgIpc) is 2.71. The van der Waals surface area contributed by atoms with E-state index >= 15 is 0 Å². The summed E-state index contributed by atoms with van der Waals surface area (Å²) in [7, 11) is 2.05. The van der Waals surface area contributed by atoms with Gasteiger partial charge >= 0.3 is 7.46 Å². The topological polar surface area (TPSA) is 73.0 Å². The molecule has 2 fully saturated rings. The first-order chi connectivity index (χ1) is 13.9. The summed E-state index contributed by atoms with van der Waals surface area (Å²) in [6, 6.07) is -0.733. The lowest BCUT2D eigenvalue weighted by Gasteiger charge is -2.34. The molecule has 7 nitrogen and oxygen atoms in total. The molecule has 0 aromatic carbocycles. The lowest BCUT2D eigenvalue weighted by molar-refractivity contribution is -0.134. The smallest absolute Gasteiger partial charge is 0.338 e. The minimum atomic E-state index is -0.538. The molecule has 0 aromatic rings. The SMILES string of the molecule is CC(=O)SCCN(CCC1CCCCC1)C(=O)N[C@@H](C)C(=O)N1CCN(C)CC1.[H+]. The summed E-state index contributed by atoms with van der Waals surface area (Å²) in [5.74, 6) is 1.26. The number of carbonyl (C=O) groups excluding carboxylic acids is 3. The van der Waals surface area contributed by atoms with Gasteiger partial charge in [0.05, 0.1) is 0 Å². The van der Waals surface area contributed by atoms with Crippen molar-refractivity contribution in [2.45, 2.75) is 58.4 Å². The Labute approximate surface area is 181 Å². The molecule has 0 bridgehead atoms. The number of likely N-dealkylation sites (N-methyl/N-ethyl adjacent to an activating group) is 1. The molecule has 166 valence electrons. The van der Waals surface area contributed by atoms with Gasteiger partial charge in [0.15, 0.2) is 5.12 Å². The number of piperazine rings is 1. The van der Waals surface area contributed by atoms with Crippen molar-refractivity contribution < 1.29 is 15.8 Å². The maximum absolute atomic E-state index is 12.9. The molecule has 1 aliphatic carbocycles. The molecule has 1 heterocycles. The van der Waals surface area contributed by atoms with Gasteiger partial charge in [-0.3, -0.25) is 9.59 Å². The van der Waals surface area contributed by atoms with Gasteiger partial charge in [-0.15, -0.1) is 0 Å². The molecule has 3 amide bonds. The van der Waals surface area contributed by atoms with E-state index in [2.05, 4.69) is 17.3 Å². The van der Waals surface area contributed by atoms with Gasteiger partial charge in [0.1, 0.15) is 6.04 Å². The van der Waals surface area contributed by atoms with Gasteiger partial charge in [-0.2, -0.15) is 0 Å². The molecule has 1 atom stereocenters. The van der Waals surface area contributed by atoms with Crippen molar-refractivity contribution in [3.63, 3.8) is 0 Å². The van der Waals surface area contributed by atoms with E-state index in [0.717, 1.165) is 19.5 Å². The second kappa shape index (κ2) is 12.4. The van der Waals surface area contributed by atoms with Gasteiger partial charge < -0.3 is 20.0 Å². The van der Waals surface area contributed by atoms with Crippen LogP contribution in [-0.4, -0.2) is 89.9 Å². The molecule has 8 heteroatoms. The third kappa shape index (κ3) is 8.54. The lowest BCUT2D eigenvalue weighted by atomic mass is 9.87. The van der Waals surface area contributed by atoms with Crippen molar-refractivity contribution in [1.82, 2.24) is 20.0 Å². The van der Waals surface area contributed by atoms with Crippen molar-refractivity contribution in [2.75, 3.05) is 52.1 Å². The Bertz CT molecular complexity index is 552. The second-order valence-corrected chi connectivity index (χ2v) is 9.69. The third-order valence-corrected chi connectivity index (χ3v) is 6.80. The largest absolute Gasteiger partial charge is 1.00 e. The monoisotopic (exact) mass is 427 g/mol. The Morgan fingerprint density at radius 3 is 2.38 bits per heavy atom. The standard InChI is InChI=1S/C21H38N4O3S/c1-17(20(27)24-13-11-23(3)12-14-24)22-21(28)25(15-16-29-18(2)26)10-9-19-7-5-4-6-8-19/h17,19H,4-16H2,1-3H3,(H,22,28)/p+1/t17-/m0/s1. The van der Waals surface area contributed by atoms with Gasteiger partial charge in [-0.1, -0.05) is 43.9 Å². The van der Waals surface area contributed by atoms with E-state index in [0.29, 0.717) is 37.8 Å². The molecule has 1 saturated carbocycles. The molecule has 1 saturated heterocycles. The Hall–Kier alpha value is -1.28. The molecule has 29 heavy (non-hydrogen) atoms. The van der Waals surface area contributed by atoms with Crippen LogP contribution in [0.4, 0.5) is 4.79 Å². The van der Waals surface area contributed by atoms with Crippen LogP contribution in [0.25, 0.3) is 0 Å². The summed E-state index contributed by atoms with van der Waals surface area (Å²) in [6.07, 6.45) is 7.38. The maximum atomic E-state index is 12.9. The van der Waals surface area contributed by atoms with Crippen LogP contribution in [0, 0.1) is 5.92 Å². The fourth-order valence-electron chi connectivity index (χ4n) is 4.07. The van der Waals surface area contributed by atoms with Gasteiger partial charge in [-0.25, -0.2) is 4.79 Å². The average molecular weight is 428 g/mol. The fraction of sp³-hybridized carbons (Fsp3) is 0.857. The number of thioether (sulfide) groups is 1. The second-order valence-electron chi connectivity index (χ2n) is 8.42. The van der Waals surface area contributed by atoms with Crippen LogP contribution in [0.5, 0.6) is 0 Å². The van der Waals surface area contributed by atoms with Gasteiger partial charge in [-0.05, 0) is 26.3 Å². The highest BCUT2D eigenvalue weighted by atomic mass is 32.2. The van der Waals surface area contributed by atoms with Gasteiger partial charge in [0.2, 0.25) is 5.91 Å². The van der Waals surface area contributed by atoms with Crippen LogP contribution >= 0.6 is 11.8 Å². The highest BCUT2D eigenvalue weighted by Gasteiger charge is 2.26. The molecule has 0 radical (unpaired) electrons. The minimum absolute atomic E-state index is 0.